The zero-order valence-corrected chi connectivity index (χ0v) is 12.0. The number of hydrogen-bond acceptors (Lipinski definition) is 5. The van der Waals surface area contributed by atoms with Gasteiger partial charge < -0.3 is 9.63 Å². The Morgan fingerprint density at radius 2 is 2.14 bits per heavy atom. The van der Waals surface area contributed by atoms with E-state index in [1.54, 1.807) is 12.3 Å². The Labute approximate surface area is 126 Å². The second-order valence-electron chi connectivity index (χ2n) is 4.45. The lowest BCUT2D eigenvalue weighted by Gasteiger charge is -2.01. The minimum absolute atomic E-state index is 0.0845. The van der Waals surface area contributed by atoms with Crippen LogP contribution in [0.4, 0.5) is 0 Å². The monoisotopic (exact) mass is 301 g/mol. The van der Waals surface area contributed by atoms with Gasteiger partial charge in [-0.25, -0.2) is 0 Å². The SMILES string of the molecule is CCc1cccnc1-c1noc(-c2cc(O)ccc2Cl)n1. The lowest BCUT2D eigenvalue weighted by molar-refractivity contribution is 0.431. The molecule has 0 aliphatic heterocycles. The van der Waals surface area contributed by atoms with E-state index in [0.717, 1.165) is 12.0 Å². The van der Waals surface area contributed by atoms with E-state index < -0.39 is 0 Å². The molecule has 2 aromatic heterocycles. The summed E-state index contributed by atoms with van der Waals surface area (Å²) in [4.78, 5) is 8.62. The summed E-state index contributed by atoms with van der Waals surface area (Å²) in [7, 11) is 0. The van der Waals surface area contributed by atoms with E-state index >= 15 is 0 Å². The molecule has 0 saturated carbocycles. The van der Waals surface area contributed by atoms with Crippen molar-refractivity contribution < 1.29 is 9.63 Å². The van der Waals surface area contributed by atoms with Crippen LogP contribution >= 0.6 is 11.6 Å². The largest absolute Gasteiger partial charge is 0.508 e. The highest BCUT2D eigenvalue weighted by atomic mass is 35.5. The van der Waals surface area contributed by atoms with Crippen molar-refractivity contribution >= 4 is 11.6 Å². The van der Waals surface area contributed by atoms with Crippen molar-refractivity contribution in [2.75, 3.05) is 0 Å². The van der Waals surface area contributed by atoms with E-state index in [4.69, 9.17) is 16.1 Å². The topological polar surface area (TPSA) is 72.0 Å². The molecule has 1 N–H and O–H groups in total. The van der Waals surface area contributed by atoms with E-state index in [2.05, 4.69) is 15.1 Å². The van der Waals surface area contributed by atoms with Crippen molar-refractivity contribution in [2.45, 2.75) is 13.3 Å². The number of aromatic nitrogens is 3. The fourth-order valence-corrected chi connectivity index (χ4v) is 2.23. The molecule has 21 heavy (non-hydrogen) atoms. The van der Waals surface area contributed by atoms with Gasteiger partial charge in [-0.15, -0.1) is 0 Å². The highest BCUT2D eigenvalue weighted by Gasteiger charge is 2.16. The van der Waals surface area contributed by atoms with E-state index in [1.165, 1.54) is 12.1 Å². The number of hydrogen-bond donors (Lipinski definition) is 1. The molecule has 2 heterocycles. The van der Waals surface area contributed by atoms with Crippen molar-refractivity contribution in [3.63, 3.8) is 0 Å². The molecule has 0 bridgehead atoms. The highest BCUT2D eigenvalue weighted by molar-refractivity contribution is 6.33. The predicted molar refractivity (Wildman–Crippen MR) is 79.0 cm³/mol. The Kier molecular flexibility index (Phi) is 3.58. The van der Waals surface area contributed by atoms with Crippen LogP contribution < -0.4 is 0 Å². The van der Waals surface area contributed by atoms with Gasteiger partial charge >= 0.3 is 0 Å². The molecule has 0 atom stereocenters. The summed E-state index contributed by atoms with van der Waals surface area (Å²) in [5.74, 6) is 0.738. The van der Waals surface area contributed by atoms with Crippen LogP contribution in [0.5, 0.6) is 5.75 Å². The van der Waals surface area contributed by atoms with Crippen LogP contribution in [0.1, 0.15) is 12.5 Å². The number of phenolic OH excluding ortho intramolecular Hbond substituents is 1. The summed E-state index contributed by atoms with van der Waals surface area (Å²) in [6, 6.07) is 8.40. The van der Waals surface area contributed by atoms with Gasteiger partial charge in [0.25, 0.3) is 5.89 Å². The average Bonchev–Trinajstić information content (AvgIpc) is 2.99. The molecular weight excluding hydrogens is 290 g/mol. The van der Waals surface area contributed by atoms with Gasteiger partial charge in [0.1, 0.15) is 11.4 Å². The normalized spacial score (nSPS) is 10.8. The first-order chi connectivity index (χ1) is 10.2. The molecule has 5 nitrogen and oxygen atoms in total. The fraction of sp³-hybridized carbons (Fsp3) is 0.133. The third-order valence-electron chi connectivity index (χ3n) is 3.09. The molecule has 106 valence electrons. The van der Waals surface area contributed by atoms with Crippen LogP contribution in [0.3, 0.4) is 0 Å². The summed E-state index contributed by atoms with van der Waals surface area (Å²) in [6.45, 7) is 2.04. The molecule has 0 aliphatic rings. The van der Waals surface area contributed by atoms with E-state index in [0.29, 0.717) is 22.1 Å². The number of rotatable bonds is 3. The number of aryl methyl sites for hydroxylation is 1. The fourth-order valence-electron chi connectivity index (χ4n) is 2.03. The molecule has 0 saturated heterocycles. The summed E-state index contributed by atoms with van der Waals surface area (Å²) in [5.41, 5.74) is 2.21. The molecule has 0 radical (unpaired) electrons. The van der Waals surface area contributed by atoms with Gasteiger partial charge in [-0.05, 0) is 36.2 Å². The molecule has 6 heteroatoms. The zero-order chi connectivity index (χ0) is 14.8. The number of phenols is 1. The van der Waals surface area contributed by atoms with E-state index in [-0.39, 0.29) is 11.6 Å². The molecule has 0 aliphatic carbocycles. The first-order valence-electron chi connectivity index (χ1n) is 6.46. The van der Waals surface area contributed by atoms with Crippen molar-refractivity contribution in [1.29, 1.82) is 0 Å². The van der Waals surface area contributed by atoms with E-state index in [9.17, 15) is 5.11 Å². The standard InChI is InChI=1S/C15H12ClN3O2/c1-2-9-4-3-7-17-13(9)14-18-15(21-19-14)11-8-10(20)5-6-12(11)16/h3-8,20H,2H2,1H3. The number of pyridine rings is 1. The maximum atomic E-state index is 9.54. The maximum absolute atomic E-state index is 9.54. The Hall–Kier alpha value is -2.40. The summed E-state index contributed by atoms with van der Waals surface area (Å²) in [6.07, 6.45) is 2.51. The minimum Gasteiger partial charge on any atom is -0.508 e. The number of halogens is 1. The third-order valence-corrected chi connectivity index (χ3v) is 3.42. The molecule has 1 aromatic carbocycles. The Bertz CT molecular complexity index is 786. The molecule has 0 unspecified atom stereocenters. The zero-order valence-electron chi connectivity index (χ0n) is 11.2. The summed E-state index contributed by atoms with van der Waals surface area (Å²) < 4.78 is 5.24. The smallest absolute Gasteiger partial charge is 0.259 e. The Morgan fingerprint density at radius 1 is 1.29 bits per heavy atom. The van der Waals surface area contributed by atoms with Gasteiger partial charge in [-0.1, -0.05) is 29.7 Å². The highest BCUT2D eigenvalue weighted by Crippen LogP contribution is 2.31. The number of nitrogens with zero attached hydrogens (tertiary/aromatic N) is 3. The molecule has 3 rings (SSSR count). The first-order valence-corrected chi connectivity index (χ1v) is 6.83. The second kappa shape index (κ2) is 5.54. The lowest BCUT2D eigenvalue weighted by Crippen LogP contribution is -1.92. The lowest BCUT2D eigenvalue weighted by atomic mass is 10.1. The van der Waals surface area contributed by atoms with Gasteiger partial charge in [-0.2, -0.15) is 4.98 Å². The number of benzene rings is 1. The van der Waals surface area contributed by atoms with Crippen LogP contribution in [0.25, 0.3) is 23.0 Å². The maximum Gasteiger partial charge on any atom is 0.259 e. The van der Waals surface area contributed by atoms with Gasteiger partial charge in [0.05, 0.1) is 10.6 Å². The van der Waals surface area contributed by atoms with Crippen LogP contribution in [-0.2, 0) is 6.42 Å². The van der Waals surface area contributed by atoms with Crippen LogP contribution in [0.2, 0.25) is 5.02 Å². The van der Waals surface area contributed by atoms with Crippen LogP contribution in [0, 0.1) is 0 Å². The minimum atomic E-state index is 0.0845. The molecule has 0 spiro atoms. The first kappa shape index (κ1) is 13.6. The van der Waals surface area contributed by atoms with Crippen molar-refractivity contribution in [3.05, 3.63) is 47.1 Å². The molecular formula is C15H12ClN3O2. The predicted octanol–water partition coefficient (Wildman–Crippen LogP) is 3.72. The summed E-state index contributed by atoms with van der Waals surface area (Å²) >= 11 is 6.09. The molecule has 0 amide bonds. The quantitative estimate of drug-likeness (QED) is 0.798. The Balaban J connectivity index is 2.06. The van der Waals surface area contributed by atoms with Gasteiger partial charge in [-0.3, -0.25) is 4.98 Å². The molecule has 0 fully saturated rings. The van der Waals surface area contributed by atoms with Crippen molar-refractivity contribution in [1.82, 2.24) is 15.1 Å². The van der Waals surface area contributed by atoms with Crippen LogP contribution in [0.15, 0.2) is 41.1 Å². The van der Waals surface area contributed by atoms with Crippen LogP contribution in [-0.4, -0.2) is 20.2 Å². The van der Waals surface area contributed by atoms with Gasteiger partial charge in [0.2, 0.25) is 5.82 Å². The van der Waals surface area contributed by atoms with Gasteiger partial charge in [0.15, 0.2) is 0 Å². The summed E-state index contributed by atoms with van der Waals surface area (Å²) in [5, 5.41) is 13.9. The van der Waals surface area contributed by atoms with Gasteiger partial charge in [0, 0.05) is 6.20 Å². The number of aromatic hydroxyl groups is 1. The Morgan fingerprint density at radius 3 is 2.95 bits per heavy atom. The van der Waals surface area contributed by atoms with E-state index in [1.807, 2.05) is 19.1 Å². The van der Waals surface area contributed by atoms with Crippen molar-refractivity contribution in [3.8, 4) is 28.7 Å². The van der Waals surface area contributed by atoms with Crippen molar-refractivity contribution in [2.24, 2.45) is 0 Å². The second-order valence-corrected chi connectivity index (χ2v) is 4.86. The third kappa shape index (κ3) is 2.60. The average molecular weight is 302 g/mol. The molecule has 3 aromatic rings.